The van der Waals surface area contributed by atoms with Crippen LogP contribution >= 0.6 is 12.2 Å². The quantitative estimate of drug-likeness (QED) is 0.799. The highest BCUT2D eigenvalue weighted by atomic mass is 32.1. The van der Waals surface area contributed by atoms with E-state index >= 15 is 0 Å². The third-order valence-electron chi connectivity index (χ3n) is 3.30. The van der Waals surface area contributed by atoms with Gasteiger partial charge in [0.2, 0.25) is 0 Å². The van der Waals surface area contributed by atoms with Crippen LogP contribution in [0.25, 0.3) is 0 Å². The Hall–Kier alpha value is -1.49. The van der Waals surface area contributed by atoms with Gasteiger partial charge in [0.1, 0.15) is 0 Å². The van der Waals surface area contributed by atoms with Crippen molar-refractivity contribution in [1.82, 2.24) is 10.3 Å². The second-order valence-electron chi connectivity index (χ2n) is 4.30. The molecule has 0 atom stereocenters. The molecular weight excluding hydrogens is 246 g/mol. The Morgan fingerprint density at radius 1 is 1.50 bits per heavy atom. The third kappa shape index (κ3) is 2.85. The van der Waals surface area contributed by atoms with Gasteiger partial charge >= 0.3 is 0 Å². The lowest BCUT2D eigenvalue weighted by Crippen LogP contribution is -2.56. The predicted molar refractivity (Wildman–Crippen MR) is 76.5 cm³/mol. The molecule has 0 saturated carbocycles. The Kier molecular flexibility index (Phi) is 4.78. The molecular formula is C13H19N3OS. The first kappa shape index (κ1) is 14.6. The largest absolute Gasteiger partial charge is 0.391 e. The zero-order valence-electron chi connectivity index (χ0n) is 11.0. The molecule has 1 heterocycles. The molecule has 4 nitrogen and oxygen atoms in total. The number of nitrogens with two attached hydrogens (primary N) is 1. The number of amides is 1. The number of thiocarbonyl (C=S) groups is 1. The van der Waals surface area contributed by atoms with Gasteiger partial charge in [-0.05, 0) is 31.4 Å². The standard InChI is InChI=1S/C13H19N3OS/c1-4-13(5-2,12(14)18)16-11(17)10-6-7-15-8-9(10)3/h6-8H,4-5H2,1-3H3,(H2,14,18)(H,16,17). The molecule has 1 aromatic rings. The van der Waals surface area contributed by atoms with E-state index in [2.05, 4.69) is 10.3 Å². The molecule has 1 rings (SSSR count). The number of hydrogen-bond donors (Lipinski definition) is 2. The number of nitrogens with one attached hydrogen (secondary N) is 1. The number of carbonyl (C=O) groups excluding carboxylic acids is 1. The van der Waals surface area contributed by atoms with Gasteiger partial charge in [-0.2, -0.15) is 0 Å². The van der Waals surface area contributed by atoms with Crippen molar-refractivity contribution in [2.45, 2.75) is 39.2 Å². The molecule has 0 bridgehead atoms. The third-order valence-corrected chi connectivity index (χ3v) is 3.69. The molecule has 0 fully saturated rings. The minimum atomic E-state index is -0.609. The van der Waals surface area contributed by atoms with Crippen molar-refractivity contribution in [1.29, 1.82) is 0 Å². The number of carbonyl (C=O) groups is 1. The summed E-state index contributed by atoms with van der Waals surface area (Å²) < 4.78 is 0. The van der Waals surface area contributed by atoms with Crippen molar-refractivity contribution < 1.29 is 4.79 Å². The van der Waals surface area contributed by atoms with E-state index in [1.165, 1.54) is 0 Å². The molecule has 1 amide bonds. The van der Waals surface area contributed by atoms with Crippen LogP contribution in [-0.2, 0) is 0 Å². The van der Waals surface area contributed by atoms with Gasteiger partial charge in [-0.3, -0.25) is 9.78 Å². The average molecular weight is 265 g/mol. The van der Waals surface area contributed by atoms with Crippen molar-refractivity contribution in [2.24, 2.45) is 5.73 Å². The van der Waals surface area contributed by atoms with Crippen LogP contribution in [0.3, 0.4) is 0 Å². The Morgan fingerprint density at radius 2 is 2.11 bits per heavy atom. The van der Waals surface area contributed by atoms with Crippen LogP contribution in [0.4, 0.5) is 0 Å². The van der Waals surface area contributed by atoms with Gasteiger partial charge < -0.3 is 11.1 Å². The van der Waals surface area contributed by atoms with Gasteiger partial charge in [0.25, 0.3) is 5.91 Å². The lowest BCUT2D eigenvalue weighted by Gasteiger charge is -2.31. The zero-order chi connectivity index (χ0) is 13.8. The zero-order valence-corrected chi connectivity index (χ0v) is 11.8. The average Bonchev–Trinajstić information content (AvgIpc) is 2.36. The van der Waals surface area contributed by atoms with Gasteiger partial charge in [0.15, 0.2) is 0 Å². The van der Waals surface area contributed by atoms with Crippen LogP contribution in [-0.4, -0.2) is 21.4 Å². The minimum Gasteiger partial charge on any atom is -0.391 e. The lowest BCUT2D eigenvalue weighted by molar-refractivity contribution is 0.0919. The van der Waals surface area contributed by atoms with Crippen molar-refractivity contribution in [2.75, 3.05) is 0 Å². The highest BCUT2D eigenvalue weighted by Crippen LogP contribution is 2.17. The van der Waals surface area contributed by atoms with E-state index in [0.717, 1.165) is 5.56 Å². The molecule has 5 heteroatoms. The second-order valence-corrected chi connectivity index (χ2v) is 4.74. The van der Waals surface area contributed by atoms with Crippen molar-refractivity contribution >= 4 is 23.1 Å². The monoisotopic (exact) mass is 265 g/mol. The summed E-state index contributed by atoms with van der Waals surface area (Å²) in [5, 5.41) is 2.95. The van der Waals surface area contributed by atoms with E-state index in [9.17, 15) is 4.79 Å². The Labute approximate surface area is 113 Å². The summed E-state index contributed by atoms with van der Waals surface area (Å²) in [4.78, 5) is 16.5. The Morgan fingerprint density at radius 3 is 2.56 bits per heavy atom. The highest BCUT2D eigenvalue weighted by molar-refractivity contribution is 7.80. The number of nitrogens with zero attached hydrogens (tertiary/aromatic N) is 1. The molecule has 98 valence electrons. The molecule has 0 aliphatic heterocycles. The summed E-state index contributed by atoms with van der Waals surface area (Å²) in [6.07, 6.45) is 4.61. The Bertz CT molecular complexity index is 455. The van der Waals surface area contributed by atoms with E-state index in [0.29, 0.717) is 23.4 Å². The summed E-state index contributed by atoms with van der Waals surface area (Å²) in [6.45, 7) is 5.77. The van der Waals surface area contributed by atoms with E-state index in [1.54, 1.807) is 18.5 Å². The van der Waals surface area contributed by atoms with E-state index in [-0.39, 0.29) is 5.91 Å². The first-order valence-electron chi connectivity index (χ1n) is 6.00. The topological polar surface area (TPSA) is 68.0 Å². The van der Waals surface area contributed by atoms with Crippen molar-refractivity contribution in [3.8, 4) is 0 Å². The van der Waals surface area contributed by atoms with Crippen LogP contribution in [0.15, 0.2) is 18.5 Å². The van der Waals surface area contributed by atoms with E-state index < -0.39 is 5.54 Å². The van der Waals surface area contributed by atoms with Gasteiger partial charge in [-0.15, -0.1) is 0 Å². The molecule has 18 heavy (non-hydrogen) atoms. The molecule has 0 spiro atoms. The van der Waals surface area contributed by atoms with Crippen LogP contribution in [0.2, 0.25) is 0 Å². The van der Waals surface area contributed by atoms with E-state index in [4.69, 9.17) is 18.0 Å². The fraction of sp³-hybridized carbons (Fsp3) is 0.462. The molecule has 1 aromatic heterocycles. The maximum Gasteiger partial charge on any atom is 0.252 e. The van der Waals surface area contributed by atoms with Crippen molar-refractivity contribution in [3.63, 3.8) is 0 Å². The molecule has 0 radical (unpaired) electrons. The number of aromatic nitrogens is 1. The summed E-state index contributed by atoms with van der Waals surface area (Å²) in [7, 11) is 0. The highest BCUT2D eigenvalue weighted by Gasteiger charge is 2.31. The maximum absolute atomic E-state index is 12.2. The summed E-state index contributed by atoms with van der Waals surface area (Å²) in [5.74, 6) is -0.161. The molecule has 0 aliphatic carbocycles. The van der Waals surface area contributed by atoms with Crippen LogP contribution in [0.5, 0.6) is 0 Å². The summed E-state index contributed by atoms with van der Waals surface area (Å²) in [6, 6.07) is 1.69. The molecule has 0 aliphatic rings. The van der Waals surface area contributed by atoms with E-state index in [1.807, 2.05) is 20.8 Å². The number of rotatable bonds is 5. The normalized spacial score (nSPS) is 11.1. The molecule has 0 aromatic carbocycles. The Balaban J connectivity index is 3.00. The minimum absolute atomic E-state index is 0.161. The summed E-state index contributed by atoms with van der Waals surface area (Å²) in [5.41, 5.74) is 6.59. The number of pyridine rings is 1. The molecule has 3 N–H and O–H groups in total. The van der Waals surface area contributed by atoms with Gasteiger partial charge in [0.05, 0.1) is 10.5 Å². The SMILES string of the molecule is CCC(CC)(NC(=O)c1ccncc1C)C(N)=S. The number of hydrogen-bond acceptors (Lipinski definition) is 3. The molecule has 0 unspecified atom stereocenters. The fourth-order valence-corrected chi connectivity index (χ4v) is 2.19. The van der Waals surface area contributed by atoms with Gasteiger partial charge in [0, 0.05) is 18.0 Å². The van der Waals surface area contributed by atoms with Crippen LogP contribution in [0.1, 0.15) is 42.6 Å². The maximum atomic E-state index is 12.2. The van der Waals surface area contributed by atoms with Crippen LogP contribution in [0, 0.1) is 6.92 Å². The van der Waals surface area contributed by atoms with Gasteiger partial charge in [-0.1, -0.05) is 26.1 Å². The molecule has 0 saturated heterocycles. The second kappa shape index (κ2) is 5.91. The van der Waals surface area contributed by atoms with Crippen LogP contribution < -0.4 is 11.1 Å². The smallest absolute Gasteiger partial charge is 0.252 e. The lowest BCUT2D eigenvalue weighted by atomic mass is 9.92. The summed E-state index contributed by atoms with van der Waals surface area (Å²) >= 11 is 5.08. The first-order valence-corrected chi connectivity index (χ1v) is 6.40. The fourth-order valence-electron chi connectivity index (χ4n) is 1.85. The number of aryl methyl sites for hydroxylation is 1. The van der Waals surface area contributed by atoms with Crippen molar-refractivity contribution in [3.05, 3.63) is 29.6 Å². The van der Waals surface area contributed by atoms with Gasteiger partial charge in [-0.25, -0.2) is 0 Å². The first-order chi connectivity index (χ1) is 8.46. The predicted octanol–water partition coefficient (Wildman–Crippen LogP) is 1.96.